The molecule has 1 saturated heterocycles. The molecule has 0 saturated carbocycles. The van der Waals surface area contributed by atoms with E-state index >= 15 is 0 Å². The second-order valence-corrected chi connectivity index (χ2v) is 11.8. The number of benzene rings is 4. The van der Waals surface area contributed by atoms with Crippen molar-refractivity contribution >= 4 is 46.7 Å². The van der Waals surface area contributed by atoms with E-state index in [0.717, 1.165) is 37.8 Å². The molecular formula is C34H24Cl2N2O4. The molecule has 1 fully saturated rings. The lowest BCUT2D eigenvalue weighted by Crippen LogP contribution is -2.52. The van der Waals surface area contributed by atoms with Crippen molar-refractivity contribution in [1.82, 2.24) is 10.0 Å². The molecule has 0 aromatic heterocycles. The van der Waals surface area contributed by atoms with E-state index in [1.165, 1.54) is 18.2 Å². The summed E-state index contributed by atoms with van der Waals surface area (Å²) in [6.07, 6.45) is 0. The average molecular weight is 595 g/mol. The van der Waals surface area contributed by atoms with E-state index in [0.29, 0.717) is 5.56 Å². The van der Waals surface area contributed by atoms with Crippen molar-refractivity contribution in [2.24, 2.45) is 11.8 Å². The molecule has 1 aliphatic heterocycles. The molecule has 4 aromatic rings. The van der Waals surface area contributed by atoms with Gasteiger partial charge < -0.3 is 0 Å². The summed E-state index contributed by atoms with van der Waals surface area (Å²) in [4.78, 5) is 56.3. The number of rotatable bonds is 5. The van der Waals surface area contributed by atoms with E-state index in [9.17, 15) is 19.2 Å². The summed E-state index contributed by atoms with van der Waals surface area (Å²) in [5.74, 6) is -4.18. The topological polar surface area (TPSA) is 74.8 Å². The van der Waals surface area contributed by atoms with Crippen molar-refractivity contribution in [3.8, 4) is 0 Å². The lowest BCUT2D eigenvalue weighted by atomic mass is 9.55. The Balaban J connectivity index is 1.33. The van der Waals surface area contributed by atoms with Gasteiger partial charge in [0.05, 0.1) is 21.9 Å². The number of amides is 3. The molecule has 0 N–H and O–H groups in total. The highest BCUT2D eigenvalue weighted by molar-refractivity contribution is 6.42. The van der Waals surface area contributed by atoms with Gasteiger partial charge in [0.15, 0.2) is 5.78 Å². The minimum Gasteiger partial charge on any atom is -0.292 e. The van der Waals surface area contributed by atoms with Crippen LogP contribution in [0.3, 0.4) is 0 Å². The van der Waals surface area contributed by atoms with Crippen LogP contribution in [0.1, 0.15) is 60.4 Å². The van der Waals surface area contributed by atoms with Crippen LogP contribution in [0.4, 0.5) is 0 Å². The zero-order valence-electron chi connectivity index (χ0n) is 22.5. The quantitative estimate of drug-likeness (QED) is 0.197. The largest absolute Gasteiger partial charge is 0.292 e. The van der Waals surface area contributed by atoms with Gasteiger partial charge in [-0.15, -0.1) is 0 Å². The fourth-order valence-electron chi connectivity index (χ4n) is 6.88. The van der Waals surface area contributed by atoms with Gasteiger partial charge in [0.25, 0.3) is 17.7 Å². The molecule has 6 nitrogen and oxygen atoms in total. The van der Waals surface area contributed by atoms with Crippen LogP contribution in [-0.2, 0) is 9.59 Å². The molecule has 8 heteroatoms. The maximum Gasteiger partial charge on any atom is 0.273 e. The first-order chi connectivity index (χ1) is 20.3. The molecule has 208 valence electrons. The van der Waals surface area contributed by atoms with Crippen LogP contribution in [0.2, 0.25) is 10.0 Å². The SMILES string of the molecule is Cc1ccc(C(=O)CN(C(=O)c2ccc(Cl)c(Cl)c2)N2C(=O)[C@@H]3C4c5ccccc5C(c5ccccc54)[C@@H]3C2=O)cc1. The fourth-order valence-corrected chi connectivity index (χ4v) is 7.18. The smallest absolute Gasteiger partial charge is 0.273 e. The van der Waals surface area contributed by atoms with E-state index < -0.39 is 41.9 Å². The van der Waals surface area contributed by atoms with Crippen LogP contribution in [0, 0.1) is 18.8 Å². The van der Waals surface area contributed by atoms with Gasteiger partial charge in [0.2, 0.25) is 0 Å². The van der Waals surface area contributed by atoms with Gasteiger partial charge in [0, 0.05) is 23.0 Å². The van der Waals surface area contributed by atoms with E-state index in [-0.39, 0.29) is 27.4 Å². The van der Waals surface area contributed by atoms with E-state index in [4.69, 9.17) is 23.2 Å². The third-order valence-corrected chi connectivity index (χ3v) is 9.47. The minimum atomic E-state index is -0.703. The highest BCUT2D eigenvalue weighted by Crippen LogP contribution is 2.61. The number of ketones is 1. The summed E-state index contributed by atoms with van der Waals surface area (Å²) in [5.41, 5.74) is 5.51. The number of hydrazine groups is 1. The summed E-state index contributed by atoms with van der Waals surface area (Å²) in [7, 11) is 0. The monoisotopic (exact) mass is 594 g/mol. The van der Waals surface area contributed by atoms with E-state index in [1.54, 1.807) is 24.3 Å². The number of carbonyl (C=O) groups excluding carboxylic acids is 4. The highest BCUT2D eigenvalue weighted by atomic mass is 35.5. The van der Waals surface area contributed by atoms with E-state index in [2.05, 4.69) is 0 Å². The second kappa shape index (κ2) is 9.93. The summed E-state index contributed by atoms with van der Waals surface area (Å²) >= 11 is 12.3. The van der Waals surface area contributed by atoms with Gasteiger partial charge >= 0.3 is 0 Å². The van der Waals surface area contributed by atoms with Crippen molar-refractivity contribution in [2.45, 2.75) is 18.8 Å². The summed E-state index contributed by atoms with van der Waals surface area (Å²) in [6, 6.07) is 27.1. The summed E-state index contributed by atoms with van der Waals surface area (Å²) < 4.78 is 0. The normalized spacial score (nSPS) is 21.5. The number of carbonyl (C=O) groups is 4. The van der Waals surface area contributed by atoms with Crippen molar-refractivity contribution in [3.05, 3.63) is 140 Å². The Morgan fingerprint density at radius 3 is 1.64 bits per heavy atom. The Labute approximate surface area is 252 Å². The summed E-state index contributed by atoms with van der Waals surface area (Å²) in [5, 5.41) is 2.30. The van der Waals surface area contributed by atoms with E-state index in [1.807, 2.05) is 55.5 Å². The number of aryl methyl sites for hydroxylation is 1. The average Bonchev–Trinajstić information content (AvgIpc) is 3.27. The van der Waals surface area contributed by atoms with Gasteiger partial charge in [-0.25, -0.2) is 5.01 Å². The molecule has 42 heavy (non-hydrogen) atoms. The number of hydrogen-bond donors (Lipinski definition) is 0. The first-order valence-corrected chi connectivity index (χ1v) is 14.4. The van der Waals surface area contributed by atoms with Crippen molar-refractivity contribution < 1.29 is 19.2 Å². The number of halogens is 2. The predicted molar refractivity (Wildman–Crippen MR) is 158 cm³/mol. The Morgan fingerprint density at radius 2 is 1.17 bits per heavy atom. The van der Waals surface area contributed by atoms with Crippen LogP contribution < -0.4 is 0 Å². The molecule has 4 aromatic carbocycles. The number of hydrogen-bond acceptors (Lipinski definition) is 4. The molecular weight excluding hydrogens is 571 g/mol. The zero-order chi connectivity index (χ0) is 29.3. The first kappa shape index (κ1) is 26.6. The third-order valence-electron chi connectivity index (χ3n) is 8.73. The third kappa shape index (κ3) is 3.93. The highest BCUT2D eigenvalue weighted by Gasteiger charge is 2.63. The number of imide groups is 1. The van der Waals surface area contributed by atoms with Gasteiger partial charge in [-0.1, -0.05) is 102 Å². The Bertz CT molecular complexity index is 1700. The lowest BCUT2D eigenvalue weighted by molar-refractivity contribution is -0.154. The second-order valence-electron chi connectivity index (χ2n) is 11.0. The molecule has 4 aliphatic rings. The molecule has 8 rings (SSSR count). The Kier molecular flexibility index (Phi) is 6.30. The number of Topliss-reactive ketones (excluding diaryl/α,β-unsaturated/α-hetero) is 1. The van der Waals surface area contributed by atoms with Crippen LogP contribution in [-0.4, -0.2) is 40.1 Å². The first-order valence-electron chi connectivity index (χ1n) is 13.7. The van der Waals surface area contributed by atoms with Gasteiger partial charge in [-0.2, -0.15) is 5.01 Å². The van der Waals surface area contributed by atoms with Crippen molar-refractivity contribution in [3.63, 3.8) is 0 Å². The maximum absolute atomic E-state index is 14.4. The Morgan fingerprint density at radius 1 is 0.690 bits per heavy atom. The molecule has 2 bridgehead atoms. The van der Waals surface area contributed by atoms with Gasteiger partial charge in [-0.3, -0.25) is 19.2 Å². The van der Waals surface area contributed by atoms with Crippen molar-refractivity contribution in [2.75, 3.05) is 6.54 Å². The molecule has 1 heterocycles. The molecule has 0 unspecified atom stereocenters. The van der Waals surface area contributed by atoms with Crippen LogP contribution in [0.5, 0.6) is 0 Å². The standard InChI is InChI=1S/C34H24Cl2N2O4/c1-18-10-12-19(13-11-18)27(39)17-37(32(40)20-14-15-25(35)26(36)16-20)38-33(41)30-28-21-6-2-3-7-22(21)29(31(30)34(38)42)24-9-5-4-8-23(24)28/h2-16,28-31H,17H2,1H3/t28?,29?,30-,31+. The van der Waals surface area contributed by atoms with Crippen molar-refractivity contribution in [1.29, 1.82) is 0 Å². The summed E-state index contributed by atoms with van der Waals surface area (Å²) in [6.45, 7) is 1.40. The predicted octanol–water partition coefficient (Wildman–Crippen LogP) is 6.43. The van der Waals surface area contributed by atoms with Crippen LogP contribution >= 0.6 is 23.2 Å². The molecule has 3 aliphatic carbocycles. The van der Waals surface area contributed by atoms with Gasteiger partial charge in [-0.05, 0) is 47.4 Å². The fraction of sp³-hybridized carbons (Fsp3) is 0.176. The zero-order valence-corrected chi connectivity index (χ0v) is 24.0. The molecule has 3 amide bonds. The van der Waals surface area contributed by atoms with Crippen LogP contribution in [0.15, 0.2) is 91.0 Å². The molecule has 0 spiro atoms. The minimum absolute atomic E-state index is 0.103. The van der Waals surface area contributed by atoms with Gasteiger partial charge in [0.1, 0.15) is 6.54 Å². The lowest BCUT2D eigenvalue weighted by Gasteiger charge is -2.45. The molecule has 0 radical (unpaired) electrons. The molecule has 2 atom stereocenters. The number of nitrogens with zero attached hydrogens (tertiary/aromatic N) is 2. The Hall–Kier alpha value is -4.26. The maximum atomic E-state index is 14.4. The van der Waals surface area contributed by atoms with Crippen LogP contribution in [0.25, 0.3) is 0 Å².